The number of nitrogens with one attached hydrogen (secondary N) is 2. The van der Waals surface area contributed by atoms with Gasteiger partial charge in [-0.05, 0) is 61.2 Å². The number of amides is 1. The summed E-state index contributed by atoms with van der Waals surface area (Å²) in [5, 5.41) is 6.26. The van der Waals surface area contributed by atoms with E-state index in [-0.39, 0.29) is 5.91 Å². The smallest absolute Gasteiger partial charge is 0.261 e. The number of carbonyl (C=O) groups is 1. The molecule has 0 fully saturated rings. The number of hydrogen-bond acceptors (Lipinski definition) is 6. The first-order chi connectivity index (χ1) is 15.6. The molecule has 2 aromatic heterocycles. The van der Waals surface area contributed by atoms with Crippen LogP contribution in [0.1, 0.15) is 29.4 Å². The molecule has 1 aliphatic carbocycles. The van der Waals surface area contributed by atoms with Crippen LogP contribution >= 0.6 is 11.3 Å². The molecular weight excluding hydrogens is 420 g/mol. The number of thiophene rings is 1. The van der Waals surface area contributed by atoms with Gasteiger partial charge in [0.1, 0.15) is 5.75 Å². The molecule has 1 unspecified atom stereocenters. The summed E-state index contributed by atoms with van der Waals surface area (Å²) in [4.78, 5) is 23.2. The molecule has 2 N–H and O–H groups in total. The van der Waals surface area contributed by atoms with Gasteiger partial charge in [-0.1, -0.05) is 30.7 Å². The van der Waals surface area contributed by atoms with E-state index >= 15 is 0 Å². The number of rotatable bonds is 7. The average Bonchev–Trinajstić information content (AvgIpc) is 3.23. The highest BCUT2D eigenvalue weighted by Crippen LogP contribution is 2.28. The number of allylic oxidation sites excluding steroid dienone is 3. The van der Waals surface area contributed by atoms with Crippen molar-refractivity contribution in [1.82, 2.24) is 15.3 Å². The standard InChI is InChI=1S/C25H26N4O2S/c1-17-6-4-3-5-7-18(17)16-27-24(30)23-13-12-22(32-23)21-14-15-26-25(29-21)28-19-8-10-20(31-2)11-9-19/h3-4,7-15,17H,5-6,16H2,1-2H3,(H,27,30)(H,26,28,29). The van der Waals surface area contributed by atoms with Crippen LogP contribution in [-0.4, -0.2) is 29.5 Å². The lowest BCUT2D eigenvalue weighted by atomic mass is 9.98. The van der Waals surface area contributed by atoms with E-state index in [1.54, 1.807) is 13.3 Å². The molecule has 1 atom stereocenters. The fourth-order valence-electron chi connectivity index (χ4n) is 3.44. The molecule has 2 heterocycles. The van der Waals surface area contributed by atoms with E-state index in [4.69, 9.17) is 4.74 Å². The molecule has 1 aromatic carbocycles. The van der Waals surface area contributed by atoms with Crippen molar-refractivity contribution in [1.29, 1.82) is 0 Å². The van der Waals surface area contributed by atoms with Crippen molar-refractivity contribution >= 4 is 28.9 Å². The van der Waals surface area contributed by atoms with E-state index in [0.29, 0.717) is 23.3 Å². The second-order valence-electron chi connectivity index (χ2n) is 7.59. The topological polar surface area (TPSA) is 76.1 Å². The first kappa shape index (κ1) is 21.8. The summed E-state index contributed by atoms with van der Waals surface area (Å²) in [5.74, 6) is 1.67. The highest BCUT2D eigenvalue weighted by molar-refractivity contribution is 7.17. The van der Waals surface area contributed by atoms with Crippen molar-refractivity contribution in [2.75, 3.05) is 19.0 Å². The average molecular weight is 447 g/mol. The minimum atomic E-state index is -0.0582. The number of aromatic nitrogens is 2. The molecule has 0 bridgehead atoms. The predicted molar refractivity (Wildman–Crippen MR) is 130 cm³/mol. The van der Waals surface area contributed by atoms with Crippen molar-refractivity contribution in [3.8, 4) is 16.3 Å². The molecule has 0 spiro atoms. The molecule has 0 aliphatic heterocycles. The van der Waals surface area contributed by atoms with Crippen molar-refractivity contribution in [3.05, 3.63) is 77.3 Å². The minimum absolute atomic E-state index is 0.0582. The molecule has 3 aromatic rings. The second-order valence-corrected chi connectivity index (χ2v) is 8.67. The molecule has 6 nitrogen and oxygen atoms in total. The van der Waals surface area contributed by atoms with E-state index in [9.17, 15) is 4.79 Å². The zero-order chi connectivity index (χ0) is 22.3. The van der Waals surface area contributed by atoms with Gasteiger partial charge in [0.2, 0.25) is 5.95 Å². The van der Waals surface area contributed by atoms with Gasteiger partial charge in [0, 0.05) is 18.4 Å². The van der Waals surface area contributed by atoms with Crippen LogP contribution in [0.3, 0.4) is 0 Å². The van der Waals surface area contributed by atoms with Gasteiger partial charge in [-0.2, -0.15) is 0 Å². The normalized spacial score (nSPS) is 15.6. The van der Waals surface area contributed by atoms with E-state index in [1.807, 2.05) is 42.5 Å². The SMILES string of the molecule is COc1ccc(Nc2nccc(-c3ccc(C(=O)NCC4=CCC=CCC4C)s3)n2)cc1. The van der Waals surface area contributed by atoms with E-state index in [1.165, 1.54) is 16.9 Å². The van der Waals surface area contributed by atoms with Crippen molar-refractivity contribution in [2.24, 2.45) is 5.92 Å². The minimum Gasteiger partial charge on any atom is -0.497 e. The Hall–Kier alpha value is -3.45. The summed E-state index contributed by atoms with van der Waals surface area (Å²) in [6, 6.07) is 13.2. The summed E-state index contributed by atoms with van der Waals surface area (Å²) < 4.78 is 5.18. The first-order valence-electron chi connectivity index (χ1n) is 10.6. The zero-order valence-corrected chi connectivity index (χ0v) is 19.0. The van der Waals surface area contributed by atoms with Crippen LogP contribution in [0.5, 0.6) is 5.75 Å². The van der Waals surface area contributed by atoms with Crippen LogP contribution in [-0.2, 0) is 0 Å². The van der Waals surface area contributed by atoms with Crippen LogP contribution in [0, 0.1) is 5.92 Å². The number of carbonyl (C=O) groups excluding carboxylic acids is 1. The fraction of sp³-hybridized carbons (Fsp3) is 0.240. The maximum atomic E-state index is 12.7. The molecule has 1 aliphatic rings. The Kier molecular flexibility index (Phi) is 6.97. The number of methoxy groups -OCH3 is 1. The molecular formula is C25H26N4O2S. The summed E-state index contributed by atoms with van der Waals surface area (Å²) in [6.45, 7) is 2.78. The highest BCUT2D eigenvalue weighted by atomic mass is 32.1. The van der Waals surface area contributed by atoms with Crippen molar-refractivity contribution < 1.29 is 9.53 Å². The highest BCUT2D eigenvalue weighted by Gasteiger charge is 2.14. The monoisotopic (exact) mass is 446 g/mol. The summed E-state index contributed by atoms with van der Waals surface area (Å²) in [7, 11) is 1.64. The van der Waals surface area contributed by atoms with Gasteiger partial charge in [0.25, 0.3) is 5.91 Å². The third-order valence-corrected chi connectivity index (χ3v) is 6.45. The lowest BCUT2D eigenvalue weighted by Gasteiger charge is -2.14. The molecule has 0 radical (unpaired) electrons. The largest absolute Gasteiger partial charge is 0.497 e. The molecule has 1 amide bonds. The van der Waals surface area contributed by atoms with Crippen LogP contribution in [0.25, 0.3) is 10.6 Å². The first-order valence-corrected chi connectivity index (χ1v) is 11.4. The Morgan fingerprint density at radius 2 is 2.00 bits per heavy atom. The van der Waals surface area contributed by atoms with Gasteiger partial charge in [-0.15, -0.1) is 11.3 Å². The number of benzene rings is 1. The third-order valence-electron chi connectivity index (χ3n) is 5.34. The van der Waals surface area contributed by atoms with Gasteiger partial charge in [-0.3, -0.25) is 4.79 Å². The summed E-state index contributed by atoms with van der Waals surface area (Å²) >= 11 is 1.43. The molecule has 32 heavy (non-hydrogen) atoms. The quantitative estimate of drug-likeness (QED) is 0.462. The van der Waals surface area contributed by atoms with Crippen LogP contribution in [0.2, 0.25) is 0 Å². The van der Waals surface area contributed by atoms with E-state index in [2.05, 4.69) is 45.8 Å². The fourth-order valence-corrected chi connectivity index (χ4v) is 4.33. The molecule has 7 heteroatoms. The zero-order valence-electron chi connectivity index (χ0n) is 18.2. The van der Waals surface area contributed by atoms with Gasteiger partial charge in [0.15, 0.2) is 0 Å². The van der Waals surface area contributed by atoms with Gasteiger partial charge in [0.05, 0.1) is 22.6 Å². The molecule has 0 saturated heterocycles. The summed E-state index contributed by atoms with van der Waals surface area (Å²) in [6.07, 6.45) is 10.3. The Labute approximate surface area is 192 Å². The maximum Gasteiger partial charge on any atom is 0.261 e. The molecule has 4 rings (SSSR count). The summed E-state index contributed by atoms with van der Waals surface area (Å²) in [5.41, 5.74) is 2.92. The van der Waals surface area contributed by atoms with Crippen LogP contribution in [0.4, 0.5) is 11.6 Å². The number of hydrogen-bond donors (Lipinski definition) is 2. The second kappa shape index (κ2) is 10.2. The van der Waals surface area contributed by atoms with Gasteiger partial charge >= 0.3 is 0 Å². The Morgan fingerprint density at radius 1 is 1.16 bits per heavy atom. The third kappa shape index (κ3) is 5.42. The lowest BCUT2D eigenvalue weighted by molar-refractivity contribution is 0.0960. The Morgan fingerprint density at radius 3 is 2.81 bits per heavy atom. The number of nitrogens with zero attached hydrogens (tertiary/aromatic N) is 2. The molecule has 164 valence electrons. The number of ether oxygens (including phenoxy) is 1. The maximum absolute atomic E-state index is 12.7. The lowest BCUT2D eigenvalue weighted by Crippen LogP contribution is -2.26. The van der Waals surface area contributed by atoms with Crippen LogP contribution < -0.4 is 15.4 Å². The number of anilines is 2. The van der Waals surface area contributed by atoms with E-state index < -0.39 is 0 Å². The molecule has 0 saturated carbocycles. The van der Waals surface area contributed by atoms with Crippen molar-refractivity contribution in [2.45, 2.75) is 19.8 Å². The van der Waals surface area contributed by atoms with E-state index in [0.717, 1.165) is 34.8 Å². The Balaban J connectivity index is 1.41. The Bertz CT molecular complexity index is 1130. The van der Waals surface area contributed by atoms with Gasteiger partial charge in [-0.25, -0.2) is 9.97 Å². The van der Waals surface area contributed by atoms with Gasteiger partial charge < -0.3 is 15.4 Å². The van der Waals surface area contributed by atoms with Crippen molar-refractivity contribution in [3.63, 3.8) is 0 Å². The van der Waals surface area contributed by atoms with Crippen LogP contribution in [0.15, 0.2) is 72.5 Å². The predicted octanol–water partition coefficient (Wildman–Crippen LogP) is 5.60.